The van der Waals surface area contributed by atoms with Crippen LogP contribution >= 0.6 is 0 Å². The second-order valence-electron chi connectivity index (χ2n) is 20.5. The van der Waals surface area contributed by atoms with Crippen LogP contribution in [0.15, 0.2) is 133 Å². The lowest BCUT2D eigenvalue weighted by Crippen LogP contribution is -2.70. The Labute approximate surface area is 397 Å². The van der Waals surface area contributed by atoms with Gasteiger partial charge in [0.15, 0.2) is 5.78 Å². The van der Waals surface area contributed by atoms with Crippen molar-refractivity contribution >= 4 is 35.6 Å². The molecule has 0 spiro atoms. The third-order valence-corrected chi connectivity index (χ3v) is 16.4. The van der Waals surface area contributed by atoms with Crippen molar-refractivity contribution < 1.29 is 52.5 Å². The van der Waals surface area contributed by atoms with E-state index in [0.29, 0.717) is 37.7 Å². The van der Waals surface area contributed by atoms with Gasteiger partial charge in [-0.2, -0.15) is 0 Å². The van der Waals surface area contributed by atoms with E-state index in [4.69, 9.17) is 23.7 Å². The quantitative estimate of drug-likeness (QED) is 0.105. The van der Waals surface area contributed by atoms with E-state index in [2.05, 4.69) is 27.7 Å². The molecule has 9 rings (SSSR count). The van der Waals surface area contributed by atoms with Crippen molar-refractivity contribution in [3.05, 3.63) is 155 Å². The zero-order valence-corrected chi connectivity index (χ0v) is 39.3. The molecule has 11 nitrogen and oxygen atoms in total. The maximum Gasteiger partial charge on any atom is 0.338 e. The van der Waals surface area contributed by atoms with Gasteiger partial charge in [0.2, 0.25) is 0 Å². The van der Waals surface area contributed by atoms with E-state index in [-0.39, 0.29) is 58.5 Å². The van der Waals surface area contributed by atoms with Crippen LogP contribution in [0.4, 0.5) is 0 Å². The molecule has 0 amide bonds. The fourth-order valence-electron chi connectivity index (χ4n) is 12.9. The summed E-state index contributed by atoms with van der Waals surface area (Å²) in [5.74, 6) is -5.52. The lowest BCUT2D eigenvalue weighted by Gasteiger charge is -2.64. The van der Waals surface area contributed by atoms with Gasteiger partial charge in [-0.25, -0.2) is 19.2 Å². The molecule has 4 aromatic rings. The molecule has 1 aliphatic heterocycles. The van der Waals surface area contributed by atoms with Crippen molar-refractivity contribution in [2.24, 2.45) is 52.3 Å². The highest BCUT2D eigenvalue weighted by Crippen LogP contribution is 2.68. The second-order valence-corrected chi connectivity index (χ2v) is 20.5. The summed E-state index contributed by atoms with van der Waals surface area (Å²) >= 11 is 0. The van der Waals surface area contributed by atoms with Gasteiger partial charge >= 0.3 is 29.8 Å². The Morgan fingerprint density at radius 3 is 1.57 bits per heavy atom. The van der Waals surface area contributed by atoms with Crippen LogP contribution in [0.1, 0.15) is 115 Å². The number of carbonyl (C=O) groups excluding carboxylic acids is 6. The Morgan fingerprint density at radius 1 is 0.603 bits per heavy atom. The molecule has 1 heterocycles. The first-order valence-corrected chi connectivity index (χ1v) is 24.2. The van der Waals surface area contributed by atoms with Gasteiger partial charge in [0.1, 0.15) is 30.5 Å². The summed E-state index contributed by atoms with van der Waals surface area (Å²) in [5, 5.41) is 0. The fourth-order valence-corrected chi connectivity index (χ4v) is 12.9. The van der Waals surface area contributed by atoms with Gasteiger partial charge in [0.25, 0.3) is 0 Å². The highest BCUT2D eigenvalue weighted by Gasteiger charge is 2.71. The van der Waals surface area contributed by atoms with Crippen LogP contribution in [0, 0.1) is 52.3 Å². The molecular weight excluding hydrogens is 861 g/mol. The molecule has 11 heteroatoms. The Hall–Kier alpha value is -6.36. The minimum absolute atomic E-state index is 0.125. The Kier molecular flexibility index (Phi) is 13.0. The number of hydrogen-bond acceptors (Lipinski definition) is 11. The molecular formula is C57H60O11. The van der Waals surface area contributed by atoms with Crippen LogP contribution in [-0.2, 0) is 33.3 Å². The minimum atomic E-state index is -1.31. The van der Waals surface area contributed by atoms with Crippen molar-refractivity contribution in [2.75, 3.05) is 0 Å². The number of hydrogen-bond donors (Lipinski definition) is 0. The molecule has 354 valence electrons. The predicted molar refractivity (Wildman–Crippen MR) is 251 cm³/mol. The molecule has 68 heavy (non-hydrogen) atoms. The van der Waals surface area contributed by atoms with Gasteiger partial charge in [-0.3, -0.25) is 9.59 Å². The molecule has 9 unspecified atom stereocenters. The number of carbonyl (C=O) groups is 6. The van der Waals surface area contributed by atoms with Gasteiger partial charge in [-0.05, 0) is 115 Å². The molecule has 0 radical (unpaired) electrons. The SMILES string of the molecule is CC(C)C1CC(=O)OC(C(C)C2=CC(=O)C3C4C(OC(=O)c5ccccc5)[C@H](OC(=O)c5ccccc5)C5C(OC(=O)c6ccccc6)[C@H](OC(=O)c6ccccc6)CC[C@]5(C)C4CC[C@]23C)C1. The average molecular weight is 921 g/mol. The topological polar surface area (TPSA) is 149 Å². The number of benzene rings is 4. The number of fused-ring (bicyclic) bond motifs is 5. The number of ketones is 1. The molecule has 3 saturated carbocycles. The number of allylic oxidation sites excluding steroid dienone is 1. The summed E-state index contributed by atoms with van der Waals surface area (Å²) in [7, 11) is 0. The van der Waals surface area contributed by atoms with Crippen LogP contribution in [0.5, 0.6) is 0 Å². The molecule has 0 N–H and O–H groups in total. The first-order valence-electron chi connectivity index (χ1n) is 24.2. The molecule has 0 aromatic heterocycles. The molecule has 5 aliphatic rings. The van der Waals surface area contributed by atoms with Crippen LogP contribution in [-0.4, -0.2) is 66.1 Å². The summed E-state index contributed by atoms with van der Waals surface area (Å²) in [6.45, 7) is 10.5. The number of esters is 5. The Morgan fingerprint density at radius 2 is 1.07 bits per heavy atom. The molecule has 13 atom stereocenters. The molecule has 0 bridgehead atoms. The summed E-state index contributed by atoms with van der Waals surface area (Å²) < 4.78 is 32.6. The van der Waals surface area contributed by atoms with Gasteiger partial charge in [0.05, 0.1) is 22.3 Å². The van der Waals surface area contributed by atoms with E-state index in [1.54, 1.807) is 127 Å². The van der Waals surface area contributed by atoms with Gasteiger partial charge < -0.3 is 23.7 Å². The van der Waals surface area contributed by atoms with Crippen molar-refractivity contribution in [1.29, 1.82) is 0 Å². The predicted octanol–water partition coefficient (Wildman–Crippen LogP) is 10.1. The Bertz CT molecular complexity index is 2560. The van der Waals surface area contributed by atoms with Crippen molar-refractivity contribution in [1.82, 2.24) is 0 Å². The maximum absolute atomic E-state index is 15.1. The van der Waals surface area contributed by atoms with Crippen molar-refractivity contribution in [3.8, 4) is 0 Å². The highest BCUT2D eigenvalue weighted by atomic mass is 16.6. The van der Waals surface area contributed by atoms with Gasteiger partial charge in [-0.1, -0.05) is 113 Å². The molecule has 1 saturated heterocycles. The molecule has 4 aliphatic carbocycles. The van der Waals surface area contributed by atoms with E-state index >= 15 is 4.79 Å². The smallest absolute Gasteiger partial charge is 0.338 e. The Balaban J connectivity index is 1.18. The highest BCUT2D eigenvalue weighted by molar-refractivity contribution is 5.97. The van der Waals surface area contributed by atoms with E-state index in [1.165, 1.54) is 0 Å². The van der Waals surface area contributed by atoms with Gasteiger partial charge in [-0.15, -0.1) is 0 Å². The lowest BCUT2D eigenvalue weighted by molar-refractivity contribution is -0.245. The van der Waals surface area contributed by atoms with Crippen LogP contribution in [0.25, 0.3) is 0 Å². The largest absolute Gasteiger partial charge is 0.462 e. The standard InChI is InChI=1S/C57H60O11/c1-33(2)39-30-44(64-45(59)31-39)34(3)41-32-42(58)47-46-40(26-28-57(41,47)5)56(4)29-27-43(65-52(60)35-18-10-6-11-19-35)49(66-53(61)36-20-12-7-13-21-36)48(56)51(68-55(63)38-24-16-9-17-25-38)50(46)67-54(62)37-22-14-8-15-23-37/h6-25,32-34,39-40,43-44,46-51H,26-31H2,1-5H3/t34?,39?,40?,43-,44?,46?,47?,48?,49?,50?,51-,56-,57-/m1/s1. The zero-order valence-electron chi connectivity index (χ0n) is 39.3. The monoisotopic (exact) mass is 920 g/mol. The minimum Gasteiger partial charge on any atom is -0.462 e. The first kappa shape index (κ1) is 46.7. The normalized spacial score (nSPS) is 32.2. The lowest BCUT2D eigenvalue weighted by atomic mass is 9.42. The zero-order chi connectivity index (χ0) is 47.9. The average Bonchev–Trinajstić information content (AvgIpc) is 3.63. The van der Waals surface area contributed by atoms with E-state index < -0.39 is 83.0 Å². The number of cyclic esters (lactones) is 1. The first-order chi connectivity index (χ1) is 32.7. The third kappa shape index (κ3) is 8.69. The van der Waals surface area contributed by atoms with E-state index in [0.717, 1.165) is 5.57 Å². The van der Waals surface area contributed by atoms with Crippen LogP contribution in [0.3, 0.4) is 0 Å². The van der Waals surface area contributed by atoms with Gasteiger partial charge in [0, 0.05) is 30.1 Å². The van der Waals surface area contributed by atoms with E-state index in [1.807, 2.05) is 6.92 Å². The second kappa shape index (κ2) is 19.0. The molecule has 4 fully saturated rings. The van der Waals surface area contributed by atoms with Crippen LogP contribution < -0.4 is 0 Å². The number of ether oxygens (including phenoxy) is 5. The van der Waals surface area contributed by atoms with Crippen LogP contribution in [0.2, 0.25) is 0 Å². The number of rotatable bonds is 11. The third-order valence-electron chi connectivity index (χ3n) is 16.4. The maximum atomic E-state index is 15.1. The molecule has 4 aromatic carbocycles. The fraction of sp³-hybridized carbons (Fsp3) is 0.439. The summed E-state index contributed by atoms with van der Waals surface area (Å²) in [6.07, 6.45) is -0.512. The van der Waals surface area contributed by atoms with Crippen molar-refractivity contribution in [2.45, 2.75) is 104 Å². The van der Waals surface area contributed by atoms with Crippen molar-refractivity contribution in [3.63, 3.8) is 0 Å². The van der Waals surface area contributed by atoms with E-state index in [9.17, 15) is 24.0 Å². The summed E-state index contributed by atoms with van der Waals surface area (Å²) in [5.41, 5.74) is 0.411. The summed E-state index contributed by atoms with van der Waals surface area (Å²) in [4.78, 5) is 85.8. The summed E-state index contributed by atoms with van der Waals surface area (Å²) in [6, 6.07) is 34.1.